The zero-order chi connectivity index (χ0) is 23.9. The van der Waals surface area contributed by atoms with Crippen molar-refractivity contribution in [1.82, 2.24) is 9.97 Å². The van der Waals surface area contributed by atoms with Gasteiger partial charge < -0.3 is 5.32 Å². The number of hydrogen-bond donors (Lipinski definition) is 2. The molecular weight excluding hydrogens is 479 g/mol. The Kier molecular flexibility index (Phi) is 5.66. The van der Waals surface area contributed by atoms with Crippen LogP contribution in [0.3, 0.4) is 0 Å². The molecule has 0 spiro atoms. The SMILES string of the molecule is O=C(Nc1ccc2cncc(Cl)c2c1F)[C@@H]1C[C@H]1c1ccc(S(=O)(=O)Nc2ccccn2)cc1. The van der Waals surface area contributed by atoms with Gasteiger partial charge in [0.25, 0.3) is 10.0 Å². The van der Waals surface area contributed by atoms with Crippen LogP contribution >= 0.6 is 11.6 Å². The molecule has 2 heterocycles. The Morgan fingerprint density at radius 3 is 2.59 bits per heavy atom. The molecule has 2 aromatic heterocycles. The number of amides is 1. The summed E-state index contributed by atoms with van der Waals surface area (Å²) in [6.07, 6.45) is 4.94. The molecule has 5 rings (SSSR count). The summed E-state index contributed by atoms with van der Waals surface area (Å²) in [4.78, 5) is 20.7. The minimum Gasteiger partial charge on any atom is -0.323 e. The fourth-order valence-electron chi connectivity index (χ4n) is 3.88. The Morgan fingerprint density at radius 1 is 1.06 bits per heavy atom. The highest BCUT2D eigenvalue weighted by molar-refractivity contribution is 7.92. The zero-order valence-corrected chi connectivity index (χ0v) is 19.1. The number of nitrogens with zero attached hydrogens (tertiary/aromatic N) is 2. The number of pyridine rings is 2. The lowest BCUT2D eigenvalue weighted by atomic mass is 10.1. The van der Waals surface area contributed by atoms with E-state index in [4.69, 9.17) is 11.6 Å². The van der Waals surface area contributed by atoms with Crippen LogP contribution in [0.5, 0.6) is 0 Å². The number of nitrogens with one attached hydrogen (secondary N) is 2. The van der Waals surface area contributed by atoms with Crippen LogP contribution in [0.15, 0.2) is 78.1 Å². The fourth-order valence-corrected chi connectivity index (χ4v) is 5.13. The second-order valence-electron chi connectivity index (χ2n) is 7.97. The van der Waals surface area contributed by atoms with E-state index in [9.17, 15) is 17.6 Å². The Labute approximate surface area is 200 Å². The average molecular weight is 497 g/mol. The molecule has 0 bridgehead atoms. The van der Waals surface area contributed by atoms with Gasteiger partial charge in [0.1, 0.15) is 5.82 Å². The maximum Gasteiger partial charge on any atom is 0.263 e. The number of carbonyl (C=O) groups is 1. The summed E-state index contributed by atoms with van der Waals surface area (Å²) >= 11 is 6.07. The Hall–Kier alpha value is -3.56. The number of halogens is 2. The van der Waals surface area contributed by atoms with Crippen molar-refractivity contribution in [2.45, 2.75) is 17.2 Å². The highest BCUT2D eigenvalue weighted by Crippen LogP contribution is 2.48. The highest BCUT2D eigenvalue weighted by atomic mass is 35.5. The number of rotatable bonds is 6. The van der Waals surface area contributed by atoms with Crippen molar-refractivity contribution < 1.29 is 17.6 Å². The number of carbonyl (C=O) groups excluding carboxylic acids is 1. The lowest BCUT2D eigenvalue weighted by Crippen LogP contribution is -2.16. The van der Waals surface area contributed by atoms with Gasteiger partial charge in [0.2, 0.25) is 5.91 Å². The van der Waals surface area contributed by atoms with Gasteiger partial charge in [-0.3, -0.25) is 14.5 Å². The molecule has 0 radical (unpaired) electrons. The van der Waals surface area contributed by atoms with Gasteiger partial charge >= 0.3 is 0 Å². The van der Waals surface area contributed by atoms with Crippen molar-refractivity contribution in [2.75, 3.05) is 10.0 Å². The van der Waals surface area contributed by atoms with Crippen LogP contribution in [0.25, 0.3) is 10.8 Å². The lowest BCUT2D eigenvalue weighted by molar-refractivity contribution is -0.117. The number of aromatic nitrogens is 2. The van der Waals surface area contributed by atoms with Gasteiger partial charge in [-0.05, 0) is 48.2 Å². The summed E-state index contributed by atoms with van der Waals surface area (Å²) in [5.74, 6) is -1.09. The molecule has 2 N–H and O–H groups in total. The standard InChI is InChI=1S/C24H18ClFN4O3S/c25-19-13-27-12-15-6-9-20(23(26)22(15)19)29-24(31)18-11-17(18)14-4-7-16(8-5-14)34(32,33)30-21-3-1-2-10-28-21/h1-10,12-13,17-18H,11H2,(H,28,30)(H,29,31)/t17-,18+/m0/s1. The third-order valence-corrected chi connectivity index (χ3v) is 7.38. The van der Waals surface area contributed by atoms with Crippen LogP contribution in [0.4, 0.5) is 15.9 Å². The smallest absolute Gasteiger partial charge is 0.263 e. The summed E-state index contributed by atoms with van der Waals surface area (Å²) < 4.78 is 42.5. The van der Waals surface area contributed by atoms with Gasteiger partial charge in [0.05, 0.1) is 15.6 Å². The Balaban J connectivity index is 1.27. The first-order chi connectivity index (χ1) is 16.3. The lowest BCUT2D eigenvalue weighted by Gasteiger charge is -2.10. The van der Waals surface area contributed by atoms with Crippen molar-refractivity contribution in [2.24, 2.45) is 5.92 Å². The minimum absolute atomic E-state index is 0.0540. The van der Waals surface area contributed by atoms with Crippen molar-refractivity contribution in [3.63, 3.8) is 0 Å². The Morgan fingerprint density at radius 2 is 1.85 bits per heavy atom. The van der Waals surface area contributed by atoms with Crippen LogP contribution in [0.1, 0.15) is 17.9 Å². The highest BCUT2D eigenvalue weighted by Gasteiger charge is 2.44. The quantitative estimate of drug-likeness (QED) is 0.392. The van der Waals surface area contributed by atoms with E-state index in [1.165, 1.54) is 36.8 Å². The summed E-state index contributed by atoms with van der Waals surface area (Å²) in [7, 11) is -3.78. The van der Waals surface area contributed by atoms with Gasteiger partial charge in [-0.2, -0.15) is 0 Å². The van der Waals surface area contributed by atoms with Gasteiger partial charge in [-0.25, -0.2) is 17.8 Å². The number of benzene rings is 2. The molecule has 1 fully saturated rings. The van der Waals surface area contributed by atoms with Crippen LogP contribution < -0.4 is 10.0 Å². The number of anilines is 2. The third-order valence-electron chi connectivity index (χ3n) is 5.72. The first-order valence-corrected chi connectivity index (χ1v) is 12.3. The minimum atomic E-state index is -3.78. The molecule has 1 aliphatic carbocycles. The molecule has 0 unspecified atom stereocenters. The van der Waals surface area contributed by atoms with E-state index in [2.05, 4.69) is 20.0 Å². The average Bonchev–Trinajstić information content (AvgIpc) is 3.63. The van der Waals surface area contributed by atoms with Gasteiger partial charge in [-0.15, -0.1) is 0 Å². The molecular formula is C24H18ClFN4O3S. The van der Waals surface area contributed by atoms with Crippen molar-refractivity contribution in [3.05, 3.63) is 89.6 Å². The molecule has 1 aliphatic rings. The largest absolute Gasteiger partial charge is 0.323 e. The molecule has 10 heteroatoms. The topological polar surface area (TPSA) is 101 Å². The molecule has 0 aliphatic heterocycles. The molecule has 1 amide bonds. The van der Waals surface area contributed by atoms with E-state index in [1.807, 2.05) is 0 Å². The second kappa shape index (κ2) is 8.66. The summed E-state index contributed by atoms with van der Waals surface area (Å²) in [6.45, 7) is 0. The molecule has 7 nitrogen and oxygen atoms in total. The summed E-state index contributed by atoms with van der Waals surface area (Å²) in [5.41, 5.74) is 0.892. The number of fused-ring (bicyclic) bond motifs is 1. The third kappa shape index (κ3) is 4.32. The first kappa shape index (κ1) is 22.2. The van der Waals surface area contributed by atoms with E-state index in [0.29, 0.717) is 11.8 Å². The van der Waals surface area contributed by atoms with E-state index in [-0.39, 0.29) is 44.6 Å². The van der Waals surface area contributed by atoms with Crippen LogP contribution in [-0.4, -0.2) is 24.3 Å². The van der Waals surface area contributed by atoms with Crippen LogP contribution in [-0.2, 0) is 14.8 Å². The van der Waals surface area contributed by atoms with Crippen molar-refractivity contribution >= 4 is 49.8 Å². The maximum absolute atomic E-state index is 14.9. The van der Waals surface area contributed by atoms with E-state index in [0.717, 1.165) is 5.56 Å². The predicted molar refractivity (Wildman–Crippen MR) is 128 cm³/mol. The Bertz CT molecular complexity index is 1500. The fraction of sp³-hybridized carbons (Fsp3) is 0.125. The van der Waals surface area contributed by atoms with Crippen LogP contribution in [0.2, 0.25) is 5.02 Å². The van der Waals surface area contributed by atoms with Gasteiger partial charge in [-0.1, -0.05) is 35.9 Å². The van der Waals surface area contributed by atoms with Crippen molar-refractivity contribution in [1.29, 1.82) is 0 Å². The maximum atomic E-state index is 14.9. The normalized spacial score (nSPS) is 17.4. The number of hydrogen-bond acceptors (Lipinski definition) is 5. The zero-order valence-electron chi connectivity index (χ0n) is 17.6. The van der Waals surface area contributed by atoms with E-state index in [1.54, 1.807) is 36.4 Å². The first-order valence-electron chi connectivity index (χ1n) is 10.4. The molecule has 0 saturated heterocycles. The molecule has 172 valence electrons. The van der Waals surface area contributed by atoms with Crippen molar-refractivity contribution in [3.8, 4) is 0 Å². The molecule has 2 atom stereocenters. The van der Waals surface area contributed by atoms with E-state index < -0.39 is 15.8 Å². The van der Waals surface area contributed by atoms with E-state index >= 15 is 0 Å². The van der Waals surface area contributed by atoms with Crippen LogP contribution in [0, 0.1) is 11.7 Å². The predicted octanol–water partition coefficient (Wildman–Crippen LogP) is 4.97. The molecule has 2 aromatic carbocycles. The number of sulfonamides is 1. The molecule has 4 aromatic rings. The van der Waals surface area contributed by atoms with Gasteiger partial charge in [0, 0.05) is 35.3 Å². The summed E-state index contributed by atoms with van der Waals surface area (Å²) in [6, 6.07) is 14.4. The van der Waals surface area contributed by atoms with Gasteiger partial charge in [0.15, 0.2) is 5.82 Å². The molecule has 1 saturated carbocycles. The molecule has 34 heavy (non-hydrogen) atoms. The monoisotopic (exact) mass is 496 g/mol. The summed E-state index contributed by atoms with van der Waals surface area (Å²) in [5, 5.41) is 3.57. The second-order valence-corrected chi connectivity index (χ2v) is 10.1.